The van der Waals surface area contributed by atoms with Crippen molar-refractivity contribution in [2.24, 2.45) is 0 Å². The Balaban J connectivity index is 3.75. The van der Waals surface area contributed by atoms with Crippen molar-refractivity contribution in [1.29, 1.82) is 0 Å². The zero-order valence-corrected chi connectivity index (χ0v) is 8.05. The summed E-state index contributed by atoms with van der Waals surface area (Å²) in [6, 6.07) is 0. The summed E-state index contributed by atoms with van der Waals surface area (Å²) in [5.74, 6) is 0. The van der Waals surface area contributed by atoms with Crippen LogP contribution in [-0.2, 0) is 4.74 Å². The molecule has 12 heavy (non-hydrogen) atoms. The van der Waals surface area contributed by atoms with Crippen LogP contribution >= 0.6 is 0 Å². The van der Waals surface area contributed by atoms with Crippen LogP contribution in [0.4, 0.5) is 4.79 Å². The molecule has 0 bridgehead atoms. The van der Waals surface area contributed by atoms with Crippen molar-refractivity contribution in [1.82, 2.24) is 5.32 Å². The summed E-state index contributed by atoms with van der Waals surface area (Å²) in [5, 5.41) is 11.2. The third-order valence-electron chi connectivity index (χ3n) is 1.04. The van der Waals surface area contributed by atoms with Crippen molar-refractivity contribution in [3.05, 3.63) is 0 Å². The molecule has 0 saturated heterocycles. The minimum atomic E-state index is -0.496. The van der Waals surface area contributed by atoms with Gasteiger partial charge >= 0.3 is 6.09 Å². The van der Waals surface area contributed by atoms with E-state index in [0.717, 1.165) is 0 Å². The molecule has 1 unspecified atom stereocenters. The second-order valence-corrected chi connectivity index (χ2v) is 3.77. The molecular weight excluding hydrogens is 158 g/mol. The highest BCUT2D eigenvalue weighted by molar-refractivity contribution is 5.68. The molecule has 72 valence electrons. The van der Waals surface area contributed by atoms with E-state index in [1.807, 2.05) is 20.8 Å². The lowest BCUT2D eigenvalue weighted by Crippen LogP contribution is -2.42. The summed E-state index contributed by atoms with van der Waals surface area (Å²) in [7, 11) is 0. The molecule has 0 aromatic rings. The molecule has 0 radical (unpaired) electrons. The van der Waals surface area contributed by atoms with Crippen molar-refractivity contribution in [2.75, 3.05) is 6.61 Å². The maximum Gasteiger partial charge on any atom is 0.407 e. The van der Waals surface area contributed by atoms with Crippen molar-refractivity contribution in [3.8, 4) is 0 Å². The normalized spacial score (nSPS) is 13.8. The van der Waals surface area contributed by atoms with Crippen LogP contribution in [-0.4, -0.2) is 29.4 Å². The third kappa shape index (κ3) is 5.97. The summed E-state index contributed by atoms with van der Waals surface area (Å²) in [6.07, 6.45) is -0.948. The summed E-state index contributed by atoms with van der Waals surface area (Å²) < 4.78 is 4.78. The van der Waals surface area contributed by atoms with Crippen molar-refractivity contribution >= 4 is 6.09 Å². The van der Waals surface area contributed by atoms with Crippen LogP contribution in [0.2, 0.25) is 0 Å². The van der Waals surface area contributed by atoms with Gasteiger partial charge in [0.2, 0.25) is 0 Å². The van der Waals surface area contributed by atoms with E-state index in [1.165, 1.54) is 0 Å². The number of ether oxygens (including phenoxy) is 1. The molecule has 0 saturated carbocycles. The molecule has 0 rings (SSSR count). The van der Waals surface area contributed by atoms with Gasteiger partial charge in [-0.05, 0) is 27.7 Å². The minimum Gasteiger partial charge on any atom is -0.444 e. The van der Waals surface area contributed by atoms with Gasteiger partial charge in [-0.2, -0.15) is 0 Å². The molecule has 1 amide bonds. The predicted molar refractivity (Wildman–Crippen MR) is 45.9 cm³/mol. The van der Waals surface area contributed by atoms with Gasteiger partial charge in [0.25, 0.3) is 0 Å². The van der Waals surface area contributed by atoms with Gasteiger partial charge in [-0.25, -0.2) is 4.79 Å². The molecule has 0 spiro atoms. The zero-order chi connectivity index (χ0) is 9.78. The van der Waals surface area contributed by atoms with Crippen molar-refractivity contribution in [3.63, 3.8) is 0 Å². The van der Waals surface area contributed by atoms with Crippen molar-refractivity contribution in [2.45, 2.75) is 39.3 Å². The van der Waals surface area contributed by atoms with Crippen LogP contribution in [0.25, 0.3) is 0 Å². The lowest BCUT2D eigenvalue weighted by molar-refractivity contribution is 0.0637. The number of carbonyl (C=O) groups is 1. The lowest BCUT2D eigenvalue weighted by atomic mass is 10.1. The number of aliphatic hydroxyl groups excluding tert-OH is 1. The monoisotopic (exact) mass is 175 g/mol. The SMILES string of the molecule is CC(CO)OC(=O)NC(C)(C)C. The second kappa shape index (κ2) is 4.30. The molecule has 2 N–H and O–H groups in total. The molecule has 1 atom stereocenters. The lowest BCUT2D eigenvalue weighted by Gasteiger charge is -2.21. The molecule has 0 aromatic heterocycles. The Hall–Kier alpha value is -0.770. The maximum absolute atomic E-state index is 11.0. The molecule has 0 aliphatic heterocycles. The van der Waals surface area contributed by atoms with Crippen LogP contribution < -0.4 is 5.32 Å². The fraction of sp³-hybridized carbons (Fsp3) is 0.875. The molecule has 0 aliphatic carbocycles. The number of carbonyl (C=O) groups excluding carboxylic acids is 1. The summed E-state index contributed by atoms with van der Waals surface area (Å²) in [6.45, 7) is 7.05. The van der Waals surface area contributed by atoms with Gasteiger partial charge in [0.15, 0.2) is 0 Å². The number of hydrogen-bond acceptors (Lipinski definition) is 3. The predicted octanol–water partition coefficient (Wildman–Crippen LogP) is 0.892. The van der Waals surface area contributed by atoms with E-state index in [4.69, 9.17) is 9.84 Å². The highest BCUT2D eigenvalue weighted by Crippen LogP contribution is 2.00. The van der Waals surface area contributed by atoms with E-state index in [0.29, 0.717) is 0 Å². The Labute approximate surface area is 72.9 Å². The number of alkyl carbamates (subject to hydrolysis) is 1. The molecule has 4 heteroatoms. The molecule has 4 nitrogen and oxygen atoms in total. The molecule has 0 heterocycles. The number of aliphatic hydroxyl groups is 1. The van der Waals surface area contributed by atoms with E-state index in [-0.39, 0.29) is 12.1 Å². The largest absolute Gasteiger partial charge is 0.444 e. The van der Waals surface area contributed by atoms with Crippen LogP contribution in [0.15, 0.2) is 0 Å². The van der Waals surface area contributed by atoms with Crippen LogP contribution in [0.1, 0.15) is 27.7 Å². The number of amides is 1. The Morgan fingerprint density at radius 2 is 2.08 bits per heavy atom. The van der Waals surface area contributed by atoms with E-state index in [1.54, 1.807) is 6.92 Å². The molecular formula is C8H17NO3. The first-order valence-corrected chi connectivity index (χ1v) is 3.95. The van der Waals surface area contributed by atoms with Crippen LogP contribution in [0.5, 0.6) is 0 Å². The second-order valence-electron chi connectivity index (χ2n) is 3.77. The average molecular weight is 175 g/mol. The van der Waals surface area contributed by atoms with Crippen LogP contribution in [0.3, 0.4) is 0 Å². The first-order chi connectivity index (χ1) is 5.35. The van der Waals surface area contributed by atoms with E-state index < -0.39 is 12.2 Å². The molecule has 0 fully saturated rings. The van der Waals surface area contributed by atoms with Gasteiger partial charge in [0.1, 0.15) is 6.10 Å². The van der Waals surface area contributed by atoms with Gasteiger partial charge in [-0.15, -0.1) is 0 Å². The first-order valence-electron chi connectivity index (χ1n) is 3.95. The molecule has 0 aliphatic rings. The highest BCUT2D eigenvalue weighted by Gasteiger charge is 2.16. The Bertz CT molecular complexity index is 151. The fourth-order valence-corrected chi connectivity index (χ4v) is 0.556. The zero-order valence-electron chi connectivity index (χ0n) is 8.05. The smallest absolute Gasteiger partial charge is 0.407 e. The van der Waals surface area contributed by atoms with Gasteiger partial charge in [-0.1, -0.05) is 0 Å². The van der Waals surface area contributed by atoms with Gasteiger partial charge in [0, 0.05) is 5.54 Å². The fourth-order valence-electron chi connectivity index (χ4n) is 0.556. The number of hydrogen-bond donors (Lipinski definition) is 2. The molecule has 0 aromatic carbocycles. The maximum atomic E-state index is 11.0. The standard InChI is InChI=1S/C8H17NO3/c1-6(5-10)12-7(11)9-8(2,3)4/h6,10H,5H2,1-4H3,(H,9,11). The number of nitrogens with one attached hydrogen (secondary N) is 1. The average Bonchev–Trinajstić information content (AvgIpc) is 1.82. The van der Waals surface area contributed by atoms with E-state index in [9.17, 15) is 4.79 Å². The third-order valence-corrected chi connectivity index (χ3v) is 1.04. The highest BCUT2D eigenvalue weighted by atomic mass is 16.6. The van der Waals surface area contributed by atoms with Crippen molar-refractivity contribution < 1.29 is 14.6 Å². The van der Waals surface area contributed by atoms with E-state index in [2.05, 4.69) is 5.32 Å². The number of rotatable bonds is 2. The summed E-state index contributed by atoms with van der Waals surface area (Å²) >= 11 is 0. The Morgan fingerprint density at radius 3 is 2.42 bits per heavy atom. The van der Waals surface area contributed by atoms with Gasteiger partial charge < -0.3 is 15.2 Å². The van der Waals surface area contributed by atoms with Gasteiger partial charge in [-0.3, -0.25) is 0 Å². The van der Waals surface area contributed by atoms with Gasteiger partial charge in [0.05, 0.1) is 6.61 Å². The van der Waals surface area contributed by atoms with Crippen LogP contribution in [0, 0.1) is 0 Å². The Kier molecular flexibility index (Phi) is 4.03. The van der Waals surface area contributed by atoms with E-state index >= 15 is 0 Å². The summed E-state index contributed by atoms with van der Waals surface area (Å²) in [4.78, 5) is 11.0. The topological polar surface area (TPSA) is 58.6 Å². The quantitative estimate of drug-likeness (QED) is 0.655. The summed E-state index contributed by atoms with van der Waals surface area (Å²) in [5.41, 5.74) is -0.299. The minimum absolute atomic E-state index is 0.155. The first kappa shape index (κ1) is 11.2. The Morgan fingerprint density at radius 1 is 1.58 bits per heavy atom.